The van der Waals surface area contributed by atoms with E-state index < -0.39 is 6.10 Å². The Labute approximate surface area is 87.3 Å². The van der Waals surface area contributed by atoms with Crippen LogP contribution in [0.5, 0.6) is 0 Å². The molecule has 15 heavy (non-hydrogen) atoms. The molecule has 1 aliphatic rings. The molecular formula is C10H13NO4. The number of hydrogen-bond donors (Lipinski definition) is 1. The molecular weight excluding hydrogens is 198 g/mol. The van der Waals surface area contributed by atoms with E-state index in [1.54, 1.807) is 18.4 Å². The second-order valence-electron chi connectivity index (χ2n) is 3.23. The first-order valence-corrected chi connectivity index (χ1v) is 4.86. The molecule has 82 valence electrons. The first kappa shape index (κ1) is 10.2. The van der Waals surface area contributed by atoms with E-state index in [4.69, 9.17) is 13.9 Å². The Morgan fingerprint density at radius 1 is 1.53 bits per heavy atom. The molecule has 0 bridgehead atoms. The van der Waals surface area contributed by atoms with E-state index in [0.717, 1.165) is 5.76 Å². The van der Waals surface area contributed by atoms with E-state index in [-0.39, 0.29) is 5.91 Å². The number of carbonyl (C=O) groups excluding carboxylic acids is 1. The largest absolute Gasteiger partial charge is 0.467 e. The molecule has 0 radical (unpaired) electrons. The van der Waals surface area contributed by atoms with Crippen LogP contribution in [0.2, 0.25) is 0 Å². The zero-order chi connectivity index (χ0) is 10.5. The molecule has 0 saturated carbocycles. The Hall–Kier alpha value is -1.33. The average molecular weight is 211 g/mol. The minimum Gasteiger partial charge on any atom is -0.467 e. The van der Waals surface area contributed by atoms with E-state index in [2.05, 4.69) is 5.32 Å². The van der Waals surface area contributed by atoms with Crippen LogP contribution in [0.3, 0.4) is 0 Å². The van der Waals surface area contributed by atoms with Crippen LogP contribution in [0.4, 0.5) is 0 Å². The number of ether oxygens (including phenoxy) is 2. The van der Waals surface area contributed by atoms with Gasteiger partial charge in [0, 0.05) is 0 Å². The Kier molecular flexibility index (Phi) is 3.37. The van der Waals surface area contributed by atoms with Gasteiger partial charge < -0.3 is 19.2 Å². The first-order chi connectivity index (χ1) is 7.36. The molecule has 1 aromatic heterocycles. The van der Waals surface area contributed by atoms with Crippen molar-refractivity contribution < 1.29 is 18.7 Å². The van der Waals surface area contributed by atoms with Gasteiger partial charge in [0.25, 0.3) is 5.91 Å². The van der Waals surface area contributed by atoms with Crippen molar-refractivity contribution in [2.24, 2.45) is 0 Å². The van der Waals surface area contributed by atoms with E-state index >= 15 is 0 Å². The summed E-state index contributed by atoms with van der Waals surface area (Å²) in [6.45, 7) is 1.73. The van der Waals surface area contributed by atoms with Crippen LogP contribution in [0.25, 0.3) is 0 Å². The molecule has 1 aliphatic heterocycles. The Balaban J connectivity index is 1.76. The molecule has 0 aromatic carbocycles. The summed E-state index contributed by atoms with van der Waals surface area (Å²) in [5.74, 6) is 0.561. The van der Waals surface area contributed by atoms with E-state index in [1.165, 1.54) is 0 Å². The van der Waals surface area contributed by atoms with Crippen molar-refractivity contribution in [2.75, 3.05) is 19.8 Å². The van der Waals surface area contributed by atoms with Crippen molar-refractivity contribution in [1.29, 1.82) is 0 Å². The smallest absolute Gasteiger partial charge is 0.251 e. The van der Waals surface area contributed by atoms with Crippen molar-refractivity contribution in [3.8, 4) is 0 Å². The molecule has 0 unspecified atom stereocenters. The van der Waals surface area contributed by atoms with Gasteiger partial charge in [-0.05, 0) is 12.1 Å². The summed E-state index contributed by atoms with van der Waals surface area (Å²) in [7, 11) is 0. The Morgan fingerprint density at radius 2 is 2.47 bits per heavy atom. The van der Waals surface area contributed by atoms with Crippen LogP contribution in [0.1, 0.15) is 5.76 Å². The van der Waals surface area contributed by atoms with Crippen LogP contribution in [-0.2, 0) is 20.8 Å². The summed E-state index contributed by atoms with van der Waals surface area (Å²) in [6.07, 6.45) is 1.08. The topological polar surface area (TPSA) is 60.7 Å². The van der Waals surface area contributed by atoms with Crippen molar-refractivity contribution >= 4 is 5.91 Å². The third-order valence-electron chi connectivity index (χ3n) is 2.13. The van der Waals surface area contributed by atoms with Gasteiger partial charge in [0.05, 0.1) is 32.6 Å². The van der Waals surface area contributed by atoms with Gasteiger partial charge in [-0.3, -0.25) is 4.79 Å². The fourth-order valence-corrected chi connectivity index (χ4v) is 1.34. The van der Waals surface area contributed by atoms with E-state index in [1.807, 2.05) is 0 Å². The number of amides is 1. The second-order valence-corrected chi connectivity index (χ2v) is 3.23. The van der Waals surface area contributed by atoms with Crippen LogP contribution in [0, 0.1) is 0 Å². The van der Waals surface area contributed by atoms with Gasteiger partial charge in [-0.25, -0.2) is 0 Å². The van der Waals surface area contributed by atoms with Gasteiger partial charge in [-0.15, -0.1) is 0 Å². The molecule has 1 aromatic rings. The van der Waals surface area contributed by atoms with Crippen LogP contribution < -0.4 is 5.32 Å². The Bertz CT molecular complexity index is 303. The molecule has 2 heterocycles. The first-order valence-electron chi connectivity index (χ1n) is 4.86. The lowest BCUT2D eigenvalue weighted by atomic mass is 10.3. The monoisotopic (exact) mass is 211 g/mol. The third kappa shape index (κ3) is 2.81. The van der Waals surface area contributed by atoms with Gasteiger partial charge in [0.1, 0.15) is 5.76 Å². The SMILES string of the molecule is O=C(NCc1ccco1)[C@@H]1COCCO1. The van der Waals surface area contributed by atoms with Crippen LogP contribution >= 0.6 is 0 Å². The third-order valence-corrected chi connectivity index (χ3v) is 2.13. The highest BCUT2D eigenvalue weighted by Crippen LogP contribution is 2.02. The predicted molar refractivity (Wildman–Crippen MR) is 51.1 cm³/mol. The minimum atomic E-state index is -0.492. The van der Waals surface area contributed by atoms with Crippen molar-refractivity contribution in [1.82, 2.24) is 5.32 Å². The standard InChI is InChI=1S/C10H13NO4/c12-10(9-7-13-4-5-15-9)11-6-8-2-1-3-14-8/h1-3,9H,4-7H2,(H,11,12)/t9-/m0/s1. The van der Waals surface area contributed by atoms with Gasteiger partial charge in [-0.2, -0.15) is 0 Å². The van der Waals surface area contributed by atoms with Crippen molar-refractivity contribution in [3.63, 3.8) is 0 Å². The van der Waals surface area contributed by atoms with Crippen molar-refractivity contribution in [3.05, 3.63) is 24.2 Å². The fraction of sp³-hybridized carbons (Fsp3) is 0.500. The van der Waals surface area contributed by atoms with Crippen LogP contribution in [0.15, 0.2) is 22.8 Å². The molecule has 5 nitrogen and oxygen atoms in total. The molecule has 0 spiro atoms. The molecule has 1 amide bonds. The summed E-state index contributed by atoms with van der Waals surface area (Å²) in [6, 6.07) is 3.58. The lowest BCUT2D eigenvalue weighted by molar-refractivity contribution is -0.147. The number of carbonyl (C=O) groups is 1. The maximum Gasteiger partial charge on any atom is 0.251 e. The maximum absolute atomic E-state index is 11.5. The fourth-order valence-electron chi connectivity index (χ4n) is 1.34. The normalized spacial score (nSPS) is 21.2. The van der Waals surface area contributed by atoms with E-state index in [0.29, 0.717) is 26.4 Å². The molecule has 0 aliphatic carbocycles. The zero-order valence-electron chi connectivity index (χ0n) is 8.27. The predicted octanol–water partition coefficient (Wildman–Crippen LogP) is 0.311. The quantitative estimate of drug-likeness (QED) is 0.781. The highest BCUT2D eigenvalue weighted by atomic mass is 16.6. The lowest BCUT2D eigenvalue weighted by Crippen LogP contribution is -2.42. The summed E-state index contributed by atoms with van der Waals surface area (Å²) in [5, 5.41) is 2.72. The van der Waals surface area contributed by atoms with Crippen LogP contribution in [-0.4, -0.2) is 31.8 Å². The maximum atomic E-state index is 11.5. The second kappa shape index (κ2) is 4.95. The molecule has 5 heteroatoms. The summed E-state index contributed by atoms with van der Waals surface area (Å²) < 4.78 is 15.5. The summed E-state index contributed by atoms with van der Waals surface area (Å²) in [4.78, 5) is 11.5. The minimum absolute atomic E-state index is 0.161. The van der Waals surface area contributed by atoms with Gasteiger partial charge in [0.2, 0.25) is 0 Å². The lowest BCUT2D eigenvalue weighted by Gasteiger charge is -2.21. The molecule has 2 rings (SSSR count). The van der Waals surface area contributed by atoms with E-state index in [9.17, 15) is 4.79 Å². The summed E-state index contributed by atoms with van der Waals surface area (Å²) >= 11 is 0. The highest BCUT2D eigenvalue weighted by molar-refractivity contribution is 5.80. The highest BCUT2D eigenvalue weighted by Gasteiger charge is 2.22. The van der Waals surface area contributed by atoms with Gasteiger partial charge in [0.15, 0.2) is 6.10 Å². The Morgan fingerprint density at radius 3 is 3.13 bits per heavy atom. The number of hydrogen-bond acceptors (Lipinski definition) is 4. The van der Waals surface area contributed by atoms with Gasteiger partial charge >= 0.3 is 0 Å². The molecule has 1 saturated heterocycles. The van der Waals surface area contributed by atoms with Gasteiger partial charge in [-0.1, -0.05) is 0 Å². The number of nitrogens with one attached hydrogen (secondary N) is 1. The number of furan rings is 1. The van der Waals surface area contributed by atoms with Crippen molar-refractivity contribution in [2.45, 2.75) is 12.6 Å². The summed E-state index contributed by atoms with van der Waals surface area (Å²) in [5.41, 5.74) is 0. The number of rotatable bonds is 3. The molecule has 1 N–H and O–H groups in total. The average Bonchev–Trinajstić information content (AvgIpc) is 2.80. The molecule has 1 fully saturated rings. The zero-order valence-corrected chi connectivity index (χ0v) is 8.27. The molecule has 1 atom stereocenters.